The van der Waals surface area contributed by atoms with Crippen LogP contribution in [0.3, 0.4) is 0 Å². The van der Waals surface area contributed by atoms with Crippen molar-refractivity contribution in [2.45, 2.75) is 18.9 Å². The molecule has 2 rings (SSSR count). The van der Waals surface area contributed by atoms with Crippen LogP contribution in [0.2, 0.25) is 0 Å². The molecule has 1 unspecified atom stereocenters. The summed E-state index contributed by atoms with van der Waals surface area (Å²) in [6.45, 7) is 1.27. The molecule has 0 bridgehead atoms. The van der Waals surface area contributed by atoms with Crippen LogP contribution in [0, 0.1) is 5.41 Å². The molecule has 0 aliphatic carbocycles. The number of pyridine rings is 1. The van der Waals surface area contributed by atoms with Crippen molar-refractivity contribution < 1.29 is 9.47 Å². The number of rotatable bonds is 4. The fourth-order valence-electron chi connectivity index (χ4n) is 1.66. The Bertz CT molecular complexity index is 375. The highest BCUT2D eigenvalue weighted by molar-refractivity contribution is 5.96. The smallest absolute Gasteiger partial charge is 0.224 e. The van der Waals surface area contributed by atoms with Crippen molar-refractivity contribution in [1.29, 1.82) is 5.41 Å². The first-order valence-electron chi connectivity index (χ1n) is 5.31. The number of nitrogen functional groups attached to an aromatic ring is 1. The summed E-state index contributed by atoms with van der Waals surface area (Å²) in [7, 11) is 0. The van der Waals surface area contributed by atoms with E-state index in [-0.39, 0.29) is 11.9 Å². The molecular formula is C11H15N3O2. The standard InChI is InChI=1S/C11H15N3O2/c12-10(13)9-4-1-5-14-11(9)16-7-8-3-2-6-15-8/h1,4-5,8H,2-3,6-7H2,(H3,12,13). The quantitative estimate of drug-likeness (QED) is 0.585. The molecule has 1 saturated heterocycles. The van der Waals surface area contributed by atoms with Gasteiger partial charge in [-0.3, -0.25) is 5.41 Å². The Kier molecular flexibility index (Phi) is 3.36. The minimum atomic E-state index is -0.0320. The van der Waals surface area contributed by atoms with Crippen molar-refractivity contribution in [2.75, 3.05) is 13.2 Å². The van der Waals surface area contributed by atoms with Crippen molar-refractivity contribution in [2.24, 2.45) is 5.73 Å². The predicted molar refractivity (Wildman–Crippen MR) is 59.7 cm³/mol. The van der Waals surface area contributed by atoms with Crippen LogP contribution in [0.1, 0.15) is 18.4 Å². The highest BCUT2D eigenvalue weighted by Crippen LogP contribution is 2.17. The molecule has 16 heavy (non-hydrogen) atoms. The zero-order valence-corrected chi connectivity index (χ0v) is 8.98. The molecule has 5 nitrogen and oxygen atoms in total. The van der Waals surface area contributed by atoms with Gasteiger partial charge < -0.3 is 15.2 Å². The van der Waals surface area contributed by atoms with Gasteiger partial charge >= 0.3 is 0 Å². The van der Waals surface area contributed by atoms with Gasteiger partial charge in [0.1, 0.15) is 12.4 Å². The van der Waals surface area contributed by atoms with Crippen LogP contribution in [0.25, 0.3) is 0 Å². The Morgan fingerprint density at radius 1 is 1.69 bits per heavy atom. The summed E-state index contributed by atoms with van der Waals surface area (Å²) in [6.07, 6.45) is 3.86. The van der Waals surface area contributed by atoms with E-state index in [0.29, 0.717) is 18.1 Å². The normalized spacial score (nSPS) is 19.6. The molecule has 1 aromatic rings. The number of nitrogens with one attached hydrogen (secondary N) is 1. The van der Waals surface area contributed by atoms with E-state index in [0.717, 1.165) is 19.4 Å². The highest BCUT2D eigenvalue weighted by atomic mass is 16.5. The second-order valence-electron chi connectivity index (χ2n) is 3.72. The Morgan fingerprint density at radius 3 is 3.25 bits per heavy atom. The molecule has 0 amide bonds. The second-order valence-corrected chi connectivity index (χ2v) is 3.72. The van der Waals surface area contributed by atoms with Crippen LogP contribution < -0.4 is 10.5 Å². The van der Waals surface area contributed by atoms with Crippen molar-refractivity contribution in [3.05, 3.63) is 23.9 Å². The van der Waals surface area contributed by atoms with E-state index >= 15 is 0 Å². The van der Waals surface area contributed by atoms with Crippen molar-refractivity contribution in [3.63, 3.8) is 0 Å². The number of nitrogens with zero attached hydrogens (tertiary/aromatic N) is 1. The molecule has 1 aromatic heterocycles. The van der Waals surface area contributed by atoms with Gasteiger partial charge in [-0.1, -0.05) is 0 Å². The summed E-state index contributed by atoms with van der Waals surface area (Å²) in [5.74, 6) is 0.376. The van der Waals surface area contributed by atoms with Gasteiger partial charge in [-0.25, -0.2) is 4.98 Å². The van der Waals surface area contributed by atoms with Gasteiger partial charge in [0.2, 0.25) is 5.88 Å². The van der Waals surface area contributed by atoms with E-state index in [4.69, 9.17) is 20.6 Å². The first kappa shape index (κ1) is 10.9. The van der Waals surface area contributed by atoms with E-state index in [1.165, 1.54) is 0 Å². The van der Waals surface area contributed by atoms with Gasteiger partial charge in [0.05, 0.1) is 11.7 Å². The molecule has 0 saturated carbocycles. The summed E-state index contributed by atoms with van der Waals surface area (Å²) >= 11 is 0. The number of hydrogen-bond donors (Lipinski definition) is 2. The van der Waals surface area contributed by atoms with E-state index in [9.17, 15) is 0 Å². The zero-order chi connectivity index (χ0) is 11.4. The molecule has 5 heteroatoms. The number of ether oxygens (including phenoxy) is 2. The minimum absolute atomic E-state index is 0.0320. The van der Waals surface area contributed by atoms with E-state index < -0.39 is 0 Å². The van der Waals surface area contributed by atoms with Crippen molar-refractivity contribution in [3.8, 4) is 5.88 Å². The van der Waals surface area contributed by atoms with Gasteiger partial charge in [0, 0.05) is 12.8 Å². The van der Waals surface area contributed by atoms with Crippen LogP contribution in [-0.2, 0) is 4.74 Å². The lowest BCUT2D eigenvalue weighted by Gasteiger charge is -2.12. The molecule has 1 atom stereocenters. The largest absolute Gasteiger partial charge is 0.474 e. The monoisotopic (exact) mass is 221 g/mol. The summed E-state index contributed by atoms with van der Waals surface area (Å²) in [5.41, 5.74) is 5.96. The molecule has 2 heterocycles. The topological polar surface area (TPSA) is 81.2 Å². The first-order chi connectivity index (χ1) is 7.77. The lowest BCUT2D eigenvalue weighted by molar-refractivity contribution is 0.0663. The van der Waals surface area contributed by atoms with Gasteiger partial charge in [-0.15, -0.1) is 0 Å². The van der Waals surface area contributed by atoms with Crippen LogP contribution in [0.5, 0.6) is 5.88 Å². The Morgan fingerprint density at radius 2 is 2.56 bits per heavy atom. The van der Waals surface area contributed by atoms with E-state index in [2.05, 4.69) is 4.98 Å². The molecular weight excluding hydrogens is 206 g/mol. The average Bonchev–Trinajstić information content (AvgIpc) is 2.79. The van der Waals surface area contributed by atoms with Gasteiger partial charge in [-0.05, 0) is 25.0 Å². The van der Waals surface area contributed by atoms with Gasteiger partial charge in [0.25, 0.3) is 0 Å². The zero-order valence-electron chi connectivity index (χ0n) is 8.98. The SMILES string of the molecule is N=C(N)c1cccnc1OCC1CCCO1. The van der Waals surface area contributed by atoms with Gasteiger partial charge in [0.15, 0.2) is 0 Å². The van der Waals surface area contributed by atoms with E-state index in [1.807, 2.05) is 0 Å². The van der Waals surface area contributed by atoms with Crippen LogP contribution in [0.15, 0.2) is 18.3 Å². The molecule has 3 N–H and O–H groups in total. The number of nitrogens with two attached hydrogens (primary N) is 1. The fraction of sp³-hybridized carbons (Fsp3) is 0.455. The Balaban J connectivity index is 2.00. The van der Waals surface area contributed by atoms with Crippen LogP contribution in [-0.4, -0.2) is 30.1 Å². The third-order valence-electron chi connectivity index (χ3n) is 2.49. The maximum Gasteiger partial charge on any atom is 0.224 e. The number of aromatic nitrogens is 1. The molecule has 0 spiro atoms. The summed E-state index contributed by atoms with van der Waals surface area (Å²) in [5, 5.41) is 7.39. The molecule has 86 valence electrons. The Hall–Kier alpha value is -1.62. The second kappa shape index (κ2) is 4.94. The Labute approximate surface area is 94.1 Å². The summed E-state index contributed by atoms with van der Waals surface area (Å²) in [4.78, 5) is 4.06. The van der Waals surface area contributed by atoms with Crippen LogP contribution in [0.4, 0.5) is 0 Å². The highest BCUT2D eigenvalue weighted by Gasteiger charge is 2.17. The number of amidine groups is 1. The van der Waals surface area contributed by atoms with Crippen LogP contribution >= 0.6 is 0 Å². The molecule has 0 aromatic carbocycles. The number of hydrogen-bond acceptors (Lipinski definition) is 4. The summed E-state index contributed by atoms with van der Waals surface area (Å²) in [6, 6.07) is 3.45. The maximum atomic E-state index is 7.39. The predicted octanol–water partition coefficient (Wildman–Crippen LogP) is 0.923. The molecule has 1 aliphatic heterocycles. The first-order valence-corrected chi connectivity index (χ1v) is 5.31. The molecule has 0 radical (unpaired) electrons. The third kappa shape index (κ3) is 2.49. The van der Waals surface area contributed by atoms with Crippen molar-refractivity contribution >= 4 is 5.84 Å². The van der Waals surface area contributed by atoms with Crippen molar-refractivity contribution in [1.82, 2.24) is 4.98 Å². The lowest BCUT2D eigenvalue weighted by Crippen LogP contribution is -2.19. The minimum Gasteiger partial charge on any atom is -0.474 e. The van der Waals surface area contributed by atoms with E-state index in [1.54, 1.807) is 18.3 Å². The molecule has 1 aliphatic rings. The third-order valence-corrected chi connectivity index (χ3v) is 2.49. The van der Waals surface area contributed by atoms with Gasteiger partial charge in [-0.2, -0.15) is 0 Å². The summed E-state index contributed by atoms with van der Waals surface area (Å²) < 4.78 is 11.0. The lowest BCUT2D eigenvalue weighted by atomic mass is 10.2. The average molecular weight is 221 g/mol. The maximum absolute atomic E-state index is 7.39. The fourth-order valence-corrected chi connectivity index (χ4v) is 1.66. The molecule has 1 fully saturated rings.